The van der Waals surface area contributed by atoms with E-state index in [1.165, 1.54) is 38.2 Å². The number of hydrogen-bond acceptors (Lipinski definition) is 5. The summed E-state index contributed by atoms with van der Waals surface area (Å²) in [7, 11) is 0. The highest BCUT2D eigenvalue weighted by Crippen LogP contribution is 2.28. The van der Waals surface area contributed by atoms with Crippen LogP contribution < -0.4 is 11.2 Å². The molecule has 1 unspecified atom stereocenters. The molecule has 2 heterocycles. The van der Waals surface area contributed by atoms with Crippen LogP contribution in [0.5, 0.6) is 0 Å². The van der Waals surface area contributed by atoms with Crippen molar-refractivity contribution in [2.45, 2.75) is 51.6 Å². The number of rotatable bonds is 5. The van der Waals surface area contributed by atoms with Gasteiger partial charge in [-0.1, -0.05) is 18.9 Å². The van der Waals surface area contributed by atoms with Crippen molar-refractivity contribution in [1.29, 1.82) is 0 Å². The van der Waals surface area contributed by atoms with Gasteiger partial charge in [-0.05, 0) is 44.9 Å². The molecule has 0 amide bonds. The van der Waals surface area contributed by atoms with Crippen LogP contribution in [-0.2, 0) is 9.53 Å². The van der Waals surface area contributed by atoms with Crippen LogP contribution in [0.2, 0.25) is 0 Å². The Morgan fingerprint density at radius 1 is 1.30 bits per heavy atom. The quantitative estimate of drug-likeness (QED) is 0.599. The maximum Gasteiger partial charge on any atom is 0.337 e. The summed E-state index contributed by atoms with van der Waals surface area (Å²) >= 11 is 0. The van der Waals surface area contributed by atoms with Crippen molar-refractivity contribution in [2.24, 2.45) is 0 Å². The summed E-state index contributed by atoms with van der Waals surface area (Å²) < 4.78 is 22.9. The van der Waals surface area contributed by atoms with Crippen LogP contribution in [0.15, 0.2) is 40.2 Å². The summed E-state index contributed by atoms with van der Waals surface area (Å²) in [5.41, 5.74) is -0.583. The van der Waals surface area contributed by atoms with Gasteiger partial charge in [0.2, 0.25) is 0 Å². The summed E-state index contributed by atoms with van der Waals surface area (Å²) in [5.74, 6) is -1.02. The molecule has 1 saturated carbocycles. The third kappa shape index (κ3) is 3.24. The van der Waals surface area contributed by atoms with E-state index in [-0.39, 0.29) is 29.5 Å². The first-order valence-electron chi connectivity index (χ1n) is 10.1. The lowest BCUT2D eigenvalue weighted by atomic mass is 10.2. The Kier molecular flexibility index (Phi) is 5.27. The van der Waals surface area contributed by atoms with E-state index in [0.717, 1.165) is 12.8 Å². The Morgan fingerprint density at radius 2 is 2.03 bits per heavy atom. The fourth-order valence-electron chi connectivity index (χ4n) is 4.12. The van der Waals surface area contributed by atoms with Crippen LogP contribution in [0.3, 0.4) is 0 Å². The molecule has 0 aliphatic heterocycles. The number of esters is 1. The van der Waals surface area contributed by atoms with E-state index in [1.807, 2.05) is 0 Å². The third-order valence-corrected chi connectivity index (χ3v) is 5.61. The Bertz CT molecular complexity index is 1220. The second-order valence-electron chi connectivity index (χ2n) is 7.46. The first kappa shape index (κ1) is 20.1. The molecular weight excluding hydrogens is 391 g/mol. The minimum Gasteiger partial charge on any atom is -0.464 e. The van der Waals surface area contributed by atoms with Gasteiger partial charge >= 0.3 is 11.7 Å². The lowest BCUT2D eigenvalue weighted by Crippen LogP contribution is -2.42. The number of hydrogen-bond donors (Lipinski definition) is 0. The van der Waals surface area contributed by atoms with Crippen molar-refractivity contribution in [3.05, 3.63) is 57.2 Å². The van der Waals surface area contributed by atoms with E-state index in [9.17, 15) is 18.8 Å². The van der Waals surface area contributed by atoms with Gasteiger partial charge in [0.1, 0.15) is 11.9 Å². The minimum absolute atomic E-state index is 0.0843. The SMILES string of the molecule is CCOC(=O)C(C)n1cnc2c1c(=O)n(C1CCCC1)c(=O)n2-c1cccc(F)c1. The number of benzene rings is 1. The fraction of sp³-hybridized carbons (Fsp3) is 0.429. The Balaban J connectivity index is 2.04. The summed E-state index contributed by atoms with van der Waals surface area (Å²) in [5, 5.41) is 0. The smallest absolute Gasteiger partial charge is 0.337 e. The molecule has 1 aromatic carbocycles. The van der Waals surface area contributed by atoms with Crippen molar-refractivity contribution >= 4 is 17.1 Å². The molecule has 9 heteroatoms. The van der Waals surface area contributed by atoms with E-state index >= 15 is 0 Å². The molecule has 1 fully saturated rings. The minimum atomic E-state index is -0.807. The summed E-state index contributed by atoms with van der Waals surface area (Å²) in [6.07, 6.45) is 4.62. The van der Waals surface area contributed by atoms with Gasteiger partial charge in [-0.15, -0.1) is 0 Å². The number of aromatic nitrogens is 4. The number of imidazole rings is 1. The van der Waals surface area contributed by atoms with E-state index in [1.54, 1.807) is 19.9 Å². The molecule has 8 nitrogen and oxygen atoms in total. The van der Waals surface area contributed by atoms with Crippen molar-refractivity contribution < 1.29 is 13.9 Å². The zero-order valence-electron chi connectivity index (χ0n) is 16.9. The van der Waals surface area contributed by atoms with Crippen molar-refractivity contribution in [1.82, 2.24) is 18.7 Å². The zero-order valence-corrected chi connectivity index (χ0v) is 16.9. The van der Waals surface area contributed by atoms with Gasteiger partial charge in [-0.25, -0.2) is 23.5 Å². The molecule has 3 aromatic rings. The number of carbonyl (C=O) groups excluding carboxylic acids is 1. The van der Waals surface area contributed by atoms with Gasteiger partial charge in [0.25, 0.3) is 5.56 Å². The Labute approximate surface area is 171 Å². The van der Waals surface area contributed by atoms with Gasteiger partial charge in [0, 0.05) is 6.04 Å². The lowest BCUT2D eigenvalue weighted by Gasteiger charge is -2.18. The van der Waals surface area contributed by atoms with E-state index < -0.39 is 29.1 Å². The van der Waals surface area contributed by atoms with Crippen LogP contribution >= 0.6 is 0 Å². The van der Waals surface area contributed by atoms with E-state index in [2.05, 4.69) is 4.98 Å². The first-order chi connectivity index (χ1) is 14.4. The molecular formula is C21H23FN4O4. The maximum absolute atomic E-state index is 13.9. The number of fused-ring (bicyclic) bond motifs is 1. The normalized spacial score (nSPS) is 15.6. The van der Waals surface area contributed by atoms with Crippen LogP contribution in [0.4, 0.5) is 4.39 Å². The number of ether oxygens (including phenoxy) is 1. The van der Waals surface area contributed by atoms with Crippen molar-refractivity contribution in [3.63, 3.8) is 0 Å². The highest BCUT2D eigenvalue weighted by atomic mass is 19.1. The van der Waals surface area contributed by atoms with Crippen molar-refractivity contribution in [3.8, 4) is 5.69 Å². The predicted octanol–water partition coefficient (Wildman–Crippen LogP) is 2.73. The topological polar surface area (TPSA) is 88.1 Å². The van der Waals surface area contributed by atoms with Crippen LogP contribution in [0.1, 0.15) is 51.6 Å². The fourth-order valence-corrected chi connectivity index (χ4v) is 4.12. The molecule has 158 valence electrons. The second-order valence-corrected chi connectivity index (χ2v) is 7.46. The molecule has 1 aliphatic rings. The van der Waals surface area contributed by atoms with Gasteiger partial charge in [-0.2, -0.15) is 0 Å². The van der Waals surface area contributed by atoms with Crippen LogP contribution in [0.25, 0.3) is 16.9 Å². The molecule has 0 radical (unpaired) electrons. The summed E-state index contributed by atoms with van der Waals surface area (Å²) in [6.45, 7) is 3.51. The van der Waals surface area contributed by atoms with Gasteiger partial charge in [-0.3, -0.25) is 9.36 Å². The van der Waals surface area contributed by atoms with Gasteiger partial charge in [0.15, 0.2) is 11.2 Å². The molecule has 2 aromatic heterocycles. The van der Waals surface area contributed by atoms with Crippen LogP contribution in [-0.4, -0.2) is 31.3 Å². The van der Waals surface area contributed by atoms with E-state index in [0.29, 0.717) is 12.8 Å². The molecule has 4 rings (SSSR count). The third-order valence-electron chi connectivity index (χ3n) is 5.61. The molecule has 30 heavy (non-hydrogen) atoms. The summed E-state index contributed by atoms with van der Waals surface area (Å²) in [6, 6.07) is 4.53. The zero-order chi connectivity index (χ0) is 21.4. The van der Waals surface area contributed by atoms with Gasteiger partial charge in [0.05, 0.1) is 18.6 Å². The summed E-state index contributed by atoms with van der Waals surface area (Å²) in [4.78, 5) is 43.4. The average molecular weight is 414 g/mol. The van der Waals surface area contributed by atoms with E-state index in [4.69, 9.17) is 4.74 Å². The molecule has 0 saturated heterocycles. The van der Waals surface area contributed by atoms with Crippen molar-refractivity contribution in [2.75, 3.05) is 6.61 Å². The predicted molar refractivity (Wildman–Crippen MR) is 108 cm³/mol. The number of carbonyl (C=O) groups is 1. The lowest BCUT2D eigenvalue weighted by molar-refractivity contribution is -0.146. The molecule has 1 atom stereocenters. The van der Waals surface area contributed by atoms with Gasteiger partial charge < -0.3 is 9.30 Å². The maximum atomic E-state index is 13.9. The monoisotopic (exact) mass is 414 g/mol. The Morgan fingerprint density at radius 3 is 2.70 bits per heavy atom. The number of nitrogens with zero attached hydrogens (tertiary/aromatic N) is 4. The largest absolute Gasteiger partial charge is 0.464 e. The average Bonchev–Trinajstić information content (AvgIpc) is 3.38. The highest BCUT2D eigenvalue weighted by molar-refractivity contribution is 5.79. The molecule has 0 bridgehead atoms. The second kappa shape index (κ2) is 7.89. The standard InChI is InChI=1S/C21H23FN4O4/c1-3-30-20(28)13(2)24-12-23-18-17(24)19(27)26(15-8-4-5-9-15)21(29)25(18)16-10-6-7-14(22)11-16/h6-7,10-13,15H,3-5,8-9H2,1-2H3. The first-order valence-corrected chi connectivity index (χ1v) is 10.1. The molecule has 1 aliphatic carbocycles. The molecule has 0 spiro atoms. The van der Waals surface area contributed by atoms with Crippen LogP contribution in [0, 0.1) is 5.82 Å². The molecule has 0 N–H and O–H groups in total. The Hall–Kier alpha value is -3.23. The number of halogens is 1. The highest BCUT2D eigenvalue weighted by Gasteiger charge is 2.28.